The van der Waals surface area contributed by atoms with E-state index in [9.17, 15) is 18.0 Å². The normalized spacial score (nSPS) is 11.0. The zero-order valence-electron chi connectivity index (χ0n) is 24.8. The molecule has 0 atom stereocenters. The van der Waals surface area contributed by atoms with Crippen molar-refractivity contribution in [1.29, 1.82) is 0 Å². The summed E-state index contributed by atoms with van der Waals surface area (Å²) in [6, 6.07) is 22.1. The summed E-state index contributed by atoms with van der Waals surface area (Å²) in [5, 5.41) is 5.65. The fraction of sp³-hybridized carbons (Fsp3) is 0.212. The zero-order valence-corrected chi connectivity index (χ0v) is 25.6. The molecular formula is C33H35N3O6S. The van der Waals surface area contributed by atoms with E-state index < -0.39 is 15.9 Å². The van der Waals surface area contributed by atoms with E-state index in [1.54, 1.807) is 69.7 Å². The second kappa shape index (κ2) is 13.4. The largest absolute Gasteiger partial charge is 0.493 e. The molecule has 0 bridgehead atoms. The summed E-state index contributed by atoms with van der Waals surface area (Å²) in [5.74, 6) is 0.318. The van der Waals surface area contributed by atoms with Crippen LogP contribution in [0.15, 0.2) is 83.8 Å². The monoisotopic (exact) mass is 601 g/mol. The van der Waals surface area contributed by atoms with Gasteiger partial charge in [0.25, 0.3) is 21.8 Å². The smallest absolute Gasteiger partial charge is 0.262 e. The number of ether oxygens (including phenoxy) is 2. The molecule has 0 spiro atoms. The molecule has 0 heterocycles. The maximum atomic E-state index is 13.3. The van der Waals surface area contributed by atoms with Crippen molar-refractivity contribution in [2.45, 2.75) is 32.1 Å². The third kappa shape index (κ3) is 7.72. The molecule has 0 saturated heterocycles. The summed E-state index contributed by atoms with van der Waals surface area (Å²) in [4.78, 5) is 26.3. The highest BCUT2D eigenvalue weighted by Gasteiger charge is 2.21. The predicted octanol–water partition coefficient (Wildman–Crippen LogP) is 5.65. The van der Waals surface area contributed by atoms with E-state index in [4.69, 9.17) is 9.47 Å². The summed E-state index contributed by atoms with van der Waals surface area (Å²) >= 11 is 0. The van der Waals surface area contributed by atoms with Crippen LogP contribution in [0.25, 0.3) is 0 Å². The SMILES string of the molecule is COc1ccc(CCNC(=O)c2ccccc2NC(=O)c2ccc(C)c(S(=O)(=O)Nc3cc(C)cc(C)c3)c2)cc1OC. The second-order valence-electron chi connectivity index (χ2n) is 10.2. The van der Waals surface area contributed by atoms with Gasteiger partial charge < -0.3 is 20.1 Å². The van der Waals surface area contributed by atoms with E-state index in [-0.39, 0.29) is 21.9 Å². The highest BCUT2D eigenvalue weighted by atomic mass is 32.2. The molecule has 0 radical (unpaired) electrons. The van der Waals surface area contributed by atoms with Crippen molar-refractivity contribution in [3.63, 3.8) is 0 Å². The van der Waals surface area contributed by atoms with Crippen LogP contribution in [0.2, 0.25) is 0 Å². The van der Waals surface area contributed by atoms with Crippen molar-refractivity contribution in [2.75, 3.05) is 30.8 Å². The van der Waals surface area contributed by atoms with Gasteiger partial charge in [0, 0.05) is 17.8 Å². The first kappa shape index (κ1) is 31.1. The van der Waals surface area contributed by atoms with Crippen LogP contribution < -0.4 is 24.8 Å². The van der Waals surface area contributed by atoms with E-state index in [1.165, 1.54) is 6.07 Å². The van der Waals surface area contributed by atoms with E-state index in [1.807, 2.05) is 38.1 Å². The lowest BCUT2D eigenvalue weighted by atomic mass is 10.1. The number of hydrogen-bond acceptors (Lipinski definition) is 6. The molecule has 0 aliphatic heterocycles. The molecule has 10 heteroatoms. The Morgan fingerprint density at radius 1 is 0.767 bits per heavy atom. The molecule has 9 nitrogen and oxygen atoms in total. The Bertz CT molecular complexity index is 1750. The van der Waals surface area contributed by atoms with E-state index in [0.717, 1.165) is 16.7 Å². The molecule has 2 amide bonds. The molecule has 0 aliphatic carbocycles. The van der Waals surface area contributed by atoms with Gasteiger partial charge in [0.05, 0.1) is 30.4 Å². The Labute approximate surface area is 252 Å². The quantitative estimate of drug-likeness (QED) is 0.204. The number of methoxy groups -OCH3 is 2. The highest BCUT2D eigenvalue weighted by molar-refractivity contribution is 7.92. The van der Waals surface area contributed by atoms with Crippen LogP contribution in [-0.2, 0) is 16.4 Å². The third-order valence-corrected chi connectivity index (χ3v) is 8.30. The highest BCUT2D eigenvalue weighted by Crippen LogP contribution is 2.28. The van der Waals surface area contributed by atoms with Crippen molar-refractivity contribution in [1.82, 2.24) is 5.32 Å². The number of benzene rings is 4. The fourth-order valence-electron chi connectivity index (χ4n) is 4.71. The summed E-state index contributed by atoms with van der Waals surface area (Å²) in [7, 11) is -0.847. The van der Waals surface area contributed by atoms with Crippen LogP contribution in [0, 0.1) is 20.8 Å². The van der Waals surface area contributed by atoms with Crippen molar-refractivity contribution in [3.05, 3.63) is 112 Å². The van der Waals surface area contributed by atoms with E-state index in [0.29, 0.717) is 41.4 Å². The Kier molecular flexibility index (Phi) is 9.72. The number of amides is 2. The summed E-state index contributed by atoms with van der Waals surface area (Å²) < 4.78 is 39.8. The zero-order chi connectivity index (χ0) is 31.1. The molecule has 0 aliphatic rings. The number of aryl methyl sites for hydroxylation is 3. The fourth-order valence-corrected chi connectivity index (χ4v) is 6.02. The lowest BCUT2D eigenvalue weighted by Crippen LogP contribution is -2.27. The molecule has 0 fully saturated rings. The van der Waals surface area contributed by atoms with Crippen molar-refractivity contribution < 1.29 is 27.5 Å². The molecule has 43 heavy (non-hydrogen) atoms. The Hall–Kier alpha value is -4.83. The van der Waals surface area contributed by atoms with Crippen LogP contribution in [0.3, 0.4) is 0 Å². The summed E-state index contributed by atoms with van der Waals surface area (Å²) in [5.41, 5.74) is 4.44. The second-order valence-corrected chi connectivity index (χ2v) is 11.8. The van der Waals surface area contributed by atoms with Gasteiger partial charge in [-0.25, -0.2) is 8.42 Å². The van der Waals surface area contributed by atoms with Crippen LogP contribution in [0.5, 0.6) is 11.5 Å². The van der Waals surface area contributed by atoms with Crippen LogP contribution in [0.1, 0.15) is 43.0 Å². The van der Waals surface area contributed by atoms with E-state index >= 15 is 0 Å². The average molecular weight is 602 g/mol. The average Bonchev–Trinajstić information content (AvgIpc) is 2.96. The Morgan fingerprint density at radius 2 is 1.47 bits per heavy atom. The first-order valence-electron chi connectivity index (χ1n) is 13.6. The van der Waals surface area contributed by atoms with Crippen LogP contribution in [0.4, 0.5) is 11.4 Å². The lowest BCUT2D eigenvalue weighted by Gasteiger charge is -2.14. The predicted molar refractivity (Wildman–Crippen MR) is 168 cm³/mol. The Morgan fingerprint density at radius 3 is 2.16 bits per heavy atom. The van der Waals surface area contributed by atoms with Gasteiger partial charge in [-0.2, -0.15) is 0 Å². The molecule has 0 unspecified atom stereocenters. The molecule has 4 aromatic carbocycles. The molecule has 0 aromatic heterocycles. The minimum atomic E-state index is -3.98. The summed E-state index contributed by atoms with van der Waals surface area (Å²) in [6.45, 7) is 5.79. The maximum Gasteiger partial charge on any atom is 0.262 e. The molecule has 4 aromatic rings. The lowest BCUT2D eigenvalue weighted by molar-refractivity contribution is 0.0955. The first-order chi connectivity index (χ1) is 20.5. The molecule has 224 valence electrons. The van der Waals surface area contributed by atoms with Crippen LogP contribution >= 0.6 is 0 Å². The number of nitrogens with one attached hydrogen (secondary N) is 3. The topological polar surface area (TPSA) is 123 Å². The van der Waals surface area contributed by atoms with Gasteiger partial charge in [0.1, 0.15) is 0 Å². The van der Waals surface area contributed by atoms with Gasteiger partial charge in [-0.15, -0.1) is 0 Å². The standard InChI is InChI=1S/C33H35N3O6S/c1-21-16-22(2)18-26(17-21)36-43(39,40)31-20-25(12-10-23(31)3)32(37)35-28-9-7-6-8-27(28)33(38)34-15-14-24-11-13-29(41-4)30(19-24)42-5/h6-13,16-20,36H,14-15H2,1-5H3,(H,34,38)(H,35,37). The Balaban J connectivity index is 1.47. The molecule has 4 rings (SSSR count). The van der Waals surface area contributed by atoms with Crippen molar-refractivity contribution in [3.8, 4) is 11.5 Å². The molecule has 0 saturated carbocycles. The number of para-hydroxylation sites is 1. The van der Waals surface area contributed by atoms with Crippen LogP contribution in [-0.4, -0.2) is 41.0 Å². The van der Waals surface area contributed by atoms with Gasteiger partial charge >= 0.3 is 0 Å². The van der Waals surface area contributed by atoms with Gasteiger partial charge in [0.2, 0.25) is 0 Å². The molecule has 3 N–H and O–H groups in total. The maximum absolute atomic E-state index is 13.3. The first-order valence-corrected chi connectivity index (χ1v) is 15.1. The van der Waals surface area contributed by atoms with E-state index in [2.05, 4.69) is 15.4 Å². The minimum Gasteiger partial charge on any atom is -0.493 e. The van der Waals surface area contributed by atoms with Gasteiger partial charge in [-0.3, -0.25) is 14.3 Å². The number of carbonyl (C=O) groups is 2. The molecular weight excluding hydrogens is 566 g/mol. The van der Waals surface area contributed by atoms with Crippen molar-refractivity contribution >= 4 is 33.2 Å². The number of anilines is 2. The van der Waals surface area contributed by atoms with Gasteiger partial charge in [-0.1, -0.05) is 30.3 Å². The number of carbonyl (C=O) groups excluding carboxylic acids is 2. The number of sulfonamides is 1. The minimum absolute atomic E-state index is 0.0134. The van der Waals surface area contributed by atoms with Gasteiger partial charge in [-0.05, 0) is 98.0 Å². The number of rotatable bonds is 11. The third-order valence-electron chi connectivity index (χ3n) is 6.78. The van der Waals surface area contributed by atoms with Crippen molar-refractivity contribution in [2.24, 2.45) is 0 Å². The summed E-state index contributed by atoms with van der Waals surface area (Å²) in [6.07, 6.45) is 0.553. The van der Waals surface area contributed by atoms with Gasteiger partial charge in [0.15, 0.2) is 11.5 Å². The number of hydrogen-bond donors (Lipinski definition) is 3.